The number of carbonyl (C=O) groups excluding carboxylic acids is 2. The van der Waals surface area contributed by atoms with Crippen LogP contribution in [0.2, 0.25) is 0 Å². The summed E-state index contributed by atoms with van der Waals surface area (Å²) in [6, 6.07) is 0. The maximum Gasteiger partial charge on any atom is 0.305 e. The normalized spacial score (nSPS) is 13.7. The minimum atomic E-state index is -0.997. The van der Waals surface area contributed by atoms with Gasteiger partial charge in [-0.05, 0) is 44.4 Å². The Morgan fingerprint density at radius 1 is 0.643 bits per heavy atom. The molecule has 6 nitrogen and oxygen atoms in total. The predicted molar refractivity (Wildman–Crippen MR) is 174 cm³/mol. The highest BCUT2D eigenvalue weighted by Crippen LogP contribution is 2.13. The van der Waals surface area contributed by atoms with Gasteiger partial charge < -0.3 is 19.7 Å². The summed E-state index contributed by atoms with van der Waals surface area (Å²) in [5.74, 6) is 0.123. The van der Waals surface area contributed by atoms with Gasteiger partial charge in [-0.2, -0.15) is 0 Å². The summed E-state index contributed by atoms with van der Waals surface area (Å²) >= 11 is 0. The van der Waals surface area contributed by atoms with E-state index in [1.807, 2.05) is 18.2 Å². The van der Waals surface area contributed by atoms with E-state index in [4.69, 9.17) is 9.47 Å². The third-order valence-corrected chi connectivity index (χ3v) is 6.85. The van der Waals surface area contributed by atoms with Crippen molar-refractivity contribution in [2.75, 3.05) is 13.2 Å². The number of carbonyl (C=O) groups is 2. The Labute approximate surface area is 257 Å². The third-order valence-electron chi connectivity index (χ3n) is 6.85. The summed E-state index contributed by atoms with van der Waals surface area (Å²) in [4.78, 5) is 23.7. The Morgan fingerprint density at radius 3 is 1.83 bits per heavy atom. The second-order valence-electron chi connectivity index (χ2n) is 11.6. The Bertz CT molecular complexity index is 752. The minimum Gasteiger partial charge on any atom is -0.463 e. The summed E-state index contributed by atoms with van der Waals surface area (Å²) in [6.07, 6.45) is 32.1. The highest BCUT2D eigenvalue weighted by molar-refractivity contribution is 5.69. The topological polar surface area (TPSA) is 93.1 Å². The van der Waals surface area contributed by atoms with Crippen molar-refractivity contribution >= 4 is 11.9 Å². The second kappa shape index (κ2) is 30.3. The molecule has 0 aromatic rings. The van der Waals surface area contributed by atoms with Crippen molar-refractivity contribution in [2.45, 2.75) is 149 Å². The summed E-state index contributed by atoms with van der Waals surface area (Å²) in [5.41, 5.74) is 0. The second-order valence-corrected chi connectivity index (χ2v) is 11.6. The van der Waals surface area contributed by atoms with Crippen LogP contribution in [0.3, 0.4) is 0 Å². The average molecular weight is 591 g/mol. The van der Waals surface area contributed by atoms with Crippen LogP contribution in [0.25, 0.3) is 0 Å². The predicted octanol–water partition coefficient (Wildman–Crippen LogP) is 8.72. The molecule has 0 amide bonds. The van der Waals surface area contributed by atoms with Crippen molar-refractivity contribution in [2.24, 2.45) is 5.92 Å². The van der Waals surface area contributed by atoms with Crippen LogP contribution in [-0.2, 0) is 19.1 Å². The summed E-state index contributed by atoms with van der Waals surface area (Å²) in [7, 11) is 0. The minimum absolute atomic E-state index is 0.146. The van der Waals surface area contributed by atoms with Crippen molar-refractivity contribution in [3.05, 3.63) is 48.6 Å². The zero-order valence-corrected chi connectivity index (χ0v) is 27.0. The molecular formula is C36H62O6. The molecule has 0 bridgehead atoms. The van der Waals surface area contributed by atoms with E-state index < -0.39 is 6.10 Å². The highest BCUT2D eigenvalue weighted by Gasteiger charge is 2.12. The first kappa shape index (κ1) is 39.8. The van der Waals surface area contributed by atoms with Gasteiger partial charge in [-0.25, -0.2) is 0 Å². The van der Waals surface area contributed by atoms with Crippen molar-refractivity contribution in [3.63, 3.8) is 0 Å². The van der Waals surface area contributed by atoms with E-state index in [0.29, 0.717) is 12.8 Å². The van der Waals surface area contributed by atoms with Crippen molar-refractivity contribution in [1.29, 1.82) is 0 Å². The zero-order chi connectivity index (χ0) is 31.1. The molecule has 0 unspecified atom stereocenters. The number of rotatable bonds is 28. The lowest BCUT2D eigenvalue weighted by atomic mass is 10.0. The van der Waals surface area contributed by atoms with Gasteiger partial charge >= 0.3 is 11.9 Å². The fraction of sp³-hybridized carbons (Fsp3) is 0.722. The molecule has 0 saturated heterocycles. The lowest BCUT2D eigenvalue weighted by Gasteiger charge is -2.12. The molecule has 0 aliphatic heterocycles. The molecule has 0 aromatic heterocycles. The lowest BCUT2D eigenvalue weighted by Crippen LogP contribution is -2.25. The first-order valence-corrected chi connectivity index (χ1v) is 16.7. The van der Waals surface area contributed by atoms with Gasteiger partial charge in [-0.3, -0.25) is 9.59 Å². The molecule has 0 fully saturated rings. The highest BCUT2D eigenvalue weighted by atomic mass is 16.6. The van der Waals surface area contributed by atoms with E-state index in [1.165, 1.54) is 38.5 Å². The monoisotopic (exact) mass is 590 g/mol. The molecule has 0 aromatic carbocycles. The van der Waals surface area contributed by atoms with Crippen LogP contribution in [-0.4, -0.2) is 47.6 Å². The van der Waals surface area contributed by atoms with Crippen LogP contribution in [0.5, 0.6) is 0 Å². The molecule has 2 N–H and O–H groups in total. The van der Waals surface area contributed by atoms with Crippen molar-refractivity contribution in [1.82, 2.24) is 0 Å². The van der Waals surface area contributed by atoms with E-state index in [1.54, 1.807) is 0 Å². The molecule has 42 heavy (non-hydrogen) atoms. The molecule has 0 radical (unpaired) electrons. The van der Waals surface area contributed by atoms with E-state index in [9.17, 15) is 19.8 Å². The average Bonchev–Trinajstić information content (AvgIpc) is 2.96. The third kappa shape index (κ3) is 30.8. The van der Waals surface area contributed by atoms with Gasteiger partial charge in [0.25, 0.3) is 0 Å². The van der Waals surface area contributed by atoms with Crippen LogP contribution in [0.1, 0.15) is 136 Å². The van der Waals surface area contributed by atoms with Crippen molar-refractivity contribution < 1.29 is 29.3 Å². The summed E-state index contributed by atoms with van der Waals surface area (Å²) < 4.78 is 10.2. The number of hydrogen-bond acceptors (Lipinski definition) is 6. The number of unbranched alkanes of at least 4 members (excludes halogenated alkanes) is 9. The first-order valence-electron chi connectivity index (χ1n) is 16.7. The Morgan fingerprint density at radius 2 is 1.19 bits per heavy atom. The maximum atomic E-state index is 11.9. The smallest absolute Gasteiger partial charge is 0.305 e. The van der Waals surface area contributed by atoms with E-state index in [-0.39, 0.29) is 37.7 Å². The van der Waals surface area contributed by atoms with Crippen LogP contribution in [0, 0.1) is 5.92 Å². The molecule has 6 heteroatoms. The molecule has 0 aliphatic rings. The lowest BCUT2D eigenvalue weighted by molar-refractivity contribution is -0.152. The number of aliphatic hydroxyl groups excluding tert-OH is 2. The van der Waals surface area contributed by atoms with Gasteiger partial charge in [0.15, 0.2) is 0 Å². The van der Waals surface area contributed by atoms with Gasteiger partial charge in [0.05, 0.1) is 6.10 Å². The fourth-order valence-corrected chi connectivity index (χ4v) is 4.25. The molecule has 242 valence electrons. The largest absolute Gasteiger partial charge is 0.463 e. The molecule has 0 spiro atoms. The Balaban J connectivity index is 3.65. The van der Waals surface area contributed by atoms with Gasteiger partial charge in [-0.1, -0.05) is 134 Å². The molecule has 0 heterocycles. The number of allylic oxidation sites excluding steroid dienone is 7. The van der Waals surface area contributed by atoms with Crippen LogP contribution in [0.15, 0.2) is 48.6 Å². The fourth-order valence-electron chi connectivity index (χ4n) is 4.25. The molecule has 0 aliphatic carbocycles. The summed E-state index contributed by atoms with van der Waals surface area (Å²) in [5, 5.41) is 19.8. The van der Waals surface area contributed by atoms with Crippen LogP contribution < -0.4 is 0 Å². The number of hydrogen-bond donors (Lipinski definition) is 2. The first-order chi connectivity index (χ1) is 20.3. The van der Waals surface area contributed by atoms with Crippen LogP contribution in [0.4, 0.5) is 0 Å². The Kier molecular flexibility index (Phi) is 28.7. The molecule has 0 saturated carbocycles. The quantitative estimate of drug-likeness (QED) is 0.0410. The van der Waals surface area contributed by atoms with Gasteiger partial charge in [0, 0.05) is 12.8 Å². The van der Waals surface area contributed by atoms with Crippen molar-refractivity contribution in [3.8, 4) is 0 Å². The number of aliphatic hydroxyl groups is 2. The standard InChI is InChI=1S/C36H62O6/c1-4-5-20-26-33(37)27-22-17-13-9-7-6-8-10-14-18-23-28-35(39)41-30-34(38)31-42-36(40)29-24-19-15-11-12-16-21-25-32(2)3/h6-7,10,13-14,17,22,27,32-34,37-38H,4-5,8-9,11-12,15-16,18-21,23-26,28-31H2,1-3H3/b7-6-,14-10-,17-13-,27-22+/t33-,34+/m1/s1. The zero-order valence-electron chi connectivity index (χ0n) is 27.0. The maximum absolute atomic E-state index is 11.9. The number of ether oxygens (including phenoxy) is 2. The number of esters is 2. The molecule has 2 atom stereocenters. The van der Waals surface area contributed by atoms with E-state index >= 15 is 0 Å². The molecule has 0 rings (SSSR count). The van der Waals surface area contributed by atoms with E-state index in [2.05, 4.69) is 51.2 Å². The van der Waals surface area contributed by atoms with Gasteiger partial charge in [-0.15, -0.1) is 0 Å². The van der Waals surface area contributed by atoms with Gasteiger partial charge in [0.2, 0.25) is 0 Å². The van der Waals surface area contributed by atoms with Crippen LogP contribution >= 0.6 is 0 Å². The van der Waals surface area contributed by atoms with Gasteiger partial charge in [0.1, 0.15) is 19.3 Å². The van der Waals surface area contributed by atoms with E-state index in [0.717, 1.165) is 63.7 Å². The molecular weight excluding hydrogens is 528 g/mol. The summed E-state index contributed by atoms with van der Waals surface area (Å²) in [6.45, 7) is 6.38. The SMILES string of the molecule is CCCCC[C@@H](O)/C=C/C=C\C/C=C\C/C=C\CCCC(=O)OC[C@H](O)COC(=O)CCCCCCCCCC(C)C. The Hall–Kier alpha value is -2.18.